The number of benzene rings is 3. The van der Waals surface area contributed by atoms with Crippen molar-refractivity contribution in [2.45, 2.75) is 39.5 Å². The van der Waals surface area contributed by atoms with E-state index in [0.29, 0.717) is 23.0 Å². The first kappa shape index (κ1) is 29.1. The van der Waals surface area contributed by atoms with Crippen LogP contribution in [-0.4, -0.2) is 39.2 Å². The molecule has 1 fully saturated rings. The summed E-state index contributed by atoms with van der Waals surface area (Å²) < 4.78 is 43.2. The van der Waals surface area contributed by atoms with E-state index in [-0.39, 0.29) is 17.6 Å². The number of carbonyl (C=O) groups excluding carboxylic acids is 1. The van der Waals surface area contributed by atoms with Crippen molar-refractivity contribution >= 4 is 34.7 Å². The predicted molar refractivity (Wildman–Crippen MR) is 161 cm³/mol. The Morgan fingerprint density at radius 2 is 1.76 bits per heavy atom. The van der Waals surface area contributed by atoms with Gasteiger partial charge in [-0.25, -0.2) is 4.68 Å². The zero-order valence-corrected chi connectivity index (χ0v) is 24.0. The van der Waals surface area contributed by atoms with Crippen molar-refractivity contribution in [3.05, 3.63) is 95.7 Å². The number of aryl methyl sites for hydroxylation is 1. The number of amides is 1. The molecule has 7 nitrogen and oxygen atoms in total. The Labute approximate surface area is 245 Å². The van der Waals surface area contributed by atoms with E-state index in [0.717, 1.165) is 33.8 Å². The molecule has 1 aromatic heterocycles. The fraction of sp³-hybridized carbons (Fsp3) is 0.226. The van der Waals surface area contributed by atoms with E-state index < -0.39 is 6.36 Å². The lowest BCUT2D eigenvalue weighted by atomic mass is 10.0. The van der Waals surface area contributed by atoms with Gasteiger partial charge in [0.1, 0.15) is 5.75 Å². The highest BCUT2D eigenvalue weighted by molar-refractivity contribution is 8.15. The van der Waals surface area contributed by atoms with Gasteiger partial charge in [-0.3, -0.25) is 9.69 Å². The molecule has 1 aliphatic rings. The molecule has 2 heterocycles. The molecule has 0 radical (unpaired) electrons. The number of para-hydroxylation sites is 1. The van der Waals surface area contributed by atoms with Gasteiger partial charge in [0.2, 0.25) is 5.91 Å². The summed E-state index contributed by atoms with van der Waals surface area (Å²) in [4.78, 5) is 14.3. The highest BCUT2D eigenvalue weighted by atomic mass is 32.2. The molecule has 0 bridgehead atoms. The van der Waals surface area contributed by atoms with Gasteiger partial charge in [-0.15, -0.1) is 18.3 Å². The molecule has 4 aromatic rings. The van der Waals surface area contributed by atoms with E-state index in [2.05, 4.69) is 28.8 Å². The molecule has 0 N–H and O–H groups in total. The van der Waals surface area contributed by atoms with E-state index in [4.69, 9.17) is 5.10 Å². The van der Waals surface area contributed by atoms with Gasteiger partial charge in [-0.2, -0.15) is 10.2 Å². The van der Waals surface area contributed by atoms with E-state index in [1.807, 2.05) is 61.5 Å². The van der Waals surface area contributed by atoms with E-state index in [1.165, 1.54) is 36.0 Å². The molecule has 3 aromatic carbocycles. The number of aromatic nitrogens is 2. The topological polar surface area (TPSA) is 72.1 Å². The number of rotatable bonds is 8. The van der Waals surface area contributed by atoms with Crippen LogP contribution >= 0.6 is 11.8 Å². The fourth-order valence-corrected chi connectivity index (χ4v) is 5.38. The van der Waals surface area contributed by atoms with E-state index in [1.54, 1.807) is 15.8 Å². The van der Waals surface area contributed by atoms with Crippen molar-refractivity contribution in [1.29, 1.82) is 0 Å². The van der Waals surface area contributed by atoms with Crippen molar-refractivity contribution in [1.82, 2.24) is 9.78 Å². The lowest BCUT2D eigenvalue weighted by Crippen LogP contribution is -2.30. The first-order valence-corrected chi connectivity index (χ1v) is 14.3. The highest BCUT2D eigenvalue weighted by Crippen LogP contribution is 2.33. The summed E-state index contributed by atoms with van der Waals surface area (Å²) in [5.74, 6) is 0.252. The smallest absolute Gasteiger partial charge is 0.406 e. The van der Waals surface area contributed by atoms with Crippen LogP contribution in [0.1, 0.15) is 43.5 Å². The first-order chi connectivity index (χ1) is 20.1. The monoisotopic (exact) mass is 591 g/mol. The third kappa shape index (κ3) is 6.57. The molecule has 0 spiro atoms. The summed E-state index contributed by atoms with van der Waals surface area (Å²) in [6.07, 6.45) is -2.43. The SMILES string of the molecule is CCc1cc(-c2ccc(C=NN=C3SCC(=O)N3c3ccccc3C(C)C)cc2)nn1-c1ccc(OC(F)(F)F)cc1. The largest absolute Gasteiger partial charge is 0.573 e. The normalized spacial score (nSPS) is 15.0. The average Bonchev–Trinajstić information content (AvgIpc) is 3.56. The quantitative estimate of drug-likeness (QED) is 0.156. The molecule has 0 unspecified atom stereocenters. The molecular weight excluding hydrogens is 563 g/mol. The summed E-state index contributed by atoms with van der Waals surface area (Å²) in [6.45, 7) is 6.16. The zero-order chi connectivity index (χ0) is 29.9. The van der Waals surface area contributed by atoms with Crippen LogP contribution in [0.15, 0.2) is 89.1 Å². The second-order valence-electron chi connectivity index (χ2n) is 9.81. The van der Waals surface area contributed by atoms with Crippen LogP contribution in [0.3, 0.4) is 0 Å². The van der Waals surface area contributed by atoms with Crippen molar-refractivity contribution in [2.24, 2.45) is 10.2 Å². The predicted octanol–water partition coefficient (Wildman–Crippen LogP) is 7.59. The molecule has 0 saturated carbocycles. The molecule has 0 aliphatic carbocycles. The molecule has 11 heteroatoms. The van der Waals surface area contributed by atoms with Crippen LogP contribution in [0.5, 0.6) is 5.75 Å². The number of anilines is 1. The first-order valence-electron chi connectivity index (χ1n) is 13.3. The van der Waals surface area contributed by atoms with Crippen LogP contribution in [0.25, 0.3) is 16.9 Å². The van der Waals surface area contributed by atoms with Crippen molar-refractivity contribution in [3.63, 3.8) is 0 Å². The van der Waals surface area contributed by atoms with Crippen LogP contribution in [0, 0.1) is 0 Å². The van der Waals surface area contributed by atoms with Crippen LogP contribution in [-0.2, 0) is 11.2 Å². The summed E-state index contributed by atoms with van der Waals surface area (Å²) in [5, 5.41) is 13.8. The van der Waals surface area contributed by atoms with Gasteiger partial charge in [0.05, 0.1) is 29.0 Å². The number of ether oxygens (including phenoxy) is 1. The standard InChI is InChI=1S/C31H28F3N5O2S/c1-4-23-17-27(37-39(23)24-13-15-25(16-14-24)41-31(32,33)34)22-11-9-21(10-12-22)18-35-36-30-38(29(40)19-42-30)28-8-6-5-7-26(28)20(2)3/h5-18,20H,4,19H2,1-3H3. The average molecular weight is 592 g/mol. The second-order valence-corrected chi connectivity index (χ2v) is 10.8. The fourth-order valence-electron chi connectivity index (χ4n) is 4.56. The van der Waals surface area contributed by atoms with Crippen molar-refractivity contribution in [3.8, 4) is 22.7 Å². The number of hydrogen-bond acceptors (Lipinski definition) is 6. The Kier molecular flexibility index (Phi) is 8.49. The lowest BCUT2D eigenvalue weighted by Gasteiger charge is -2.20. The Morgan fingerprint density at radius 1 is 1.05 bits per heavy atom. The molecule has 1 amide bonds. The summed E-state index contributed by atoms with van der Waals surface area (Å²) in [6, 6.07) is 23.0. The Morgan fingerprint density at radius 3 is 2.43 bits per heavy atom. The molecule has 5 rings (SSSR count). The number of hydrogen-bond donors (Lipinski definition) is 0. The van der Waals surface area contributed by atoms with Gasteiger partial charge in [-0.1, -0.05) is 75.0 Å². The Hall–Kier alpha value is -4.38. The van der Waals surface area contributed by atoms with Crippen LogP contribution < -0.4 is 9.64 Å². The molecule has 42 heavy (non-hydrogen) atoms. The third-order valence-corrected chi connectivity index (χ3v) is 7.50. The van der Waals surface area contributed by atoms with Crippen molar-refractivity contribution < 1.29 is 22.7 Å². The molecule has 1 saturated heterocycles. The van der Waals surface area contributed by atoms with Crippen LogP contribution in [0.4, 0.5) is 18.9 Å². The van der Waals surface area contributed by atoms with Gasteiger partial charge in [-0.05, 0) is 59.9 Å². The third-order valence-electron chi connectivity index (χ3n) is 6.58. The van der Waals surface area contributed by atoms with Gasteiger partial charge in [0.15, 0.2) is 5.17 Å². The summed E-state index contributed by atoms with van der Waals surface area (Å²) in [5.41, 5.74) is 5.86. The second kappa shape index (κ2) is 12.2. The van der Waals surface area contributed by atoms with E-state index >= 15 is 0 Å². The maximum absolute atomic E-state index is 12.7. The molecule has 0 atom stereocenters. The van der Waals surface area contributed by atoms with Gasteiger partial charge < -0.3 is 4.74 Å². The van der Waals surface area contributed by atoms with Crippen LogP contribution in [0.2, 0.25) is 0 Å². The summed E-state index contributed by atoms with van der Waals surface area (Å²) >= 11 is 1.36. The van der Waals surface area contributed by atoms with Gasteiger partial charge in [0.25, 0.3) is 0 Å². The maximum atomic E-state index is 12.7. The minimum absolute atomic E-state index is 0.0251. The van der Waals surface area contributed by atoms with Gasteiger partial charge >= 0.3 is 6.36 Å². The Bertz CT molecular complexity index is 1630. The number of nitrogens with zero attached hydrogens (tertiary/aromatic N) is 5. The molecule has 216 valence electrons. The molecular formula is C31H28F3N5O2S. The van der Waals surface area contributed by atoms with E-state index in [9.17, 15) is 18.0 Å². The van der Waals surface area contributed by atoms with Gasteiger partial charge in [0, 0.05) is 11.3 Å². The minimum Gasteiger partial charge on any atom is -0.406 e. The number of carbonyl (C=O) groups is 1. The zero-order valence-electron chi connectivity index (χ0n) is 23.2. The lowest BCUT2D eigenvalue weighted by molar-refractivity contribution is -0.274. The number of thioether (sulfide) groups is 1. The highest BCUT2D eigenvalue weighted by Gasteiger charge is 2.32. The number of alkyl halides is 3. The summed E-state index contributed by atoms with van der Waals surface area (Å²) in [7, 11) is 0. The number of halogens is 3. The van der Waals surface area contributed by atoms with Crippen molar-refractivity contribution in [2.75, 3.05) is 10.7 Å². The maximum Gasteiger partial charge on any atom is 0.573 e. The minimum atomic E-state index is -4.74. The Balaban J connectivity index is 1.32. The number of amidine groups is 1. The molecule has 1 aliphatic heterocycles.